The van der Waals surface area contributed by atoms with Gasteiger partial charge in [-0.3, -0.25) is 19.7 Å². The molecule has 1 aliphatic carbocycles. The Labute approximate surface area is 192 Å². The monoisotopic (exact) mass is 459 g/mol. The number of benzene rings is 3. The maximum atomic E-state index is 13.3. The van der Waals surface area contributed by atoms with E-state index in [0.29, 0.717) is 16.3 Å². The number of aromatic hydroxyl groups is 1. The molecule has 3 aromatic rings. The third-order valence-electron chi connectivity index (χ3n) is 6.07. The molecule has 1 aliphatic heterocycles. The average Bonchev–Trinajstić information content (AvgIpc) is 2.85. The van der Waals surface area contributed by atoms with Crippen molar-refractivity contribution in [3.05, 3.63) is 93.2 Å². The Hall–Kier alpha value is -4.53. The van der Waals surface area contributed by atoms with Gasteiger partial charge in [-0.1, -0.05) is 24.3 Å². The van der Waals surface area contributed by atoms with Crippen LogP contribution < -0.4 is 0 Å². The first kappa shape index (κ1) is 21.3. The number of fused-ring (bicyclic) bond motifs is 3. The Balaban J connectivity index is 1.36. The van der Waals surface area contributed by atoms with Crippen LogP contribution >= 0.6 is 0 Å². The maximum Gasteiger partial charge on any atom is 0.347 e. The maximum absolute atomic E-state index is 13.3. The molecular weight excluding hydrogens is 442 g/mol. The van der Waals surface area contributed by atoms with Gasteiger partial charge in [-0.2, -0.15) is 0 Å². The van der Waals surface area contributed by atoms with E-state index in [1.807, 2.05) is 0 Å². The molecule has 1 heterocycles. The Morgan fingerprint density at radius 2 is 1.88 bits per heavy atom. The number of nitrogens with zero attached hydrogens (tertiary/aromatic N) is 1. The molecule has 0 spiro atoms. The van der Waals surface area contributed by atoms with Gasteiger partial charge in [0.25, 0.3) is 5.69 Å². The molecule has 0 bridgehead atoms. The third-order valence-corrected chi connectivity index (χ3v) is 6.07. The number of ether oxygens (including phenoxy) is 2. The highest BCUT2D eigenvalue weighted by molar-refractivity contribution is 6.26. The van der Waals surface area contributed by atoms with Crippen molar-refractivity contribution in [3.8, 4) is 5.75 Å². The Morgan fingerprint density at radius 3 is 2.62 bits per heavy atom. The number of Topliss-reactive ketones (excluding diaryl/α,β-unsaturated/α-hetero) is 2. The van der Waals surface area contributed by atoms with E-state index < -0.39 is 28.7 Å². The van der Waals surface area contributed by atoms with E-state index in [9.17, 15) is 29.6 Å². The van der Waals surface area contributed by atoms with Gasteiger partial charge in [0, 0.05) is 35.1 Å². The fourth-order valence-electron chi connectivity index (χ4n) is 4.29. The van der Waals surface area contributed by atoms with Gasteiger partial charge >= 0.3 is 5.97 Å². The molecule has 0 aromatic heterocycles. The number of hydrogen-bond donors (Lipinski definition) is 1. The number of carbonyl (C=O) groups is 3. The van der Waals surface area contributed by atoms with Gasteiger partial charge in [0.15, 0.2) is 17.7 Å². The molecule has 0 radical (unpaired) electrons. The van der Waals surface area contributed by atoms with Crippen molar-refractivity contribution in [2.24, 2.45) is 5.92 Å². The molecule has 34 heavy (non-hydrogen) atoms. The lowest BCUT2D eigenvalue weighted by Gasteiger charge is -2.31. The van der Waals surface area contributed by atoms with Crippen molar-refractivity contribution in [1.82, 2.24) is 0 Å². The van der Waals surface area contributed by atoms with Crippen molar-refractivity contribution >= 4 is 34.0 Å². The second-order valence-corrected chi connectivity index (χ2v) is 8.08. The van der Waals surface area contributed by atoms with E-state index in [4.69, 9.17) is 9.47 Å². The molecule has 0 saturated heterocycles. The smallest absolute Gasteiger partial charge is 0.347 e. The first-order valence-electron chi connectivity index (χ1n) is 10.4. The predicted octanol–water partition coefficient (Wildman–Crippen LogP) is 3.87. The Kier molecular flexibility index (Phi) is 5.09. The Morgan fingerprint density at radius 1 is 1.15 bits per heavy atom. The van der Waals surface area contributed by atoms with E-state index >= 15 is 0 Å². The van der Waals surface area contributed by atoms with Crippen molar-refractivity contribution in [1.29, 1.82) is 0 Å². The minimum Gasteiger partial charge on any atom is -0.507 e. The van der Waals surface area contributed by atoms with Crippen molar-refractivity contribution in [2.45, 2.75) is 19.1 Å². The molecule has 9 nitrogen and oxygen atoms in total. The van der Waals surface area contributed by atoms with Gasteiger partial charge in [-0.05, 0) is 29.1 Å². The number of hydrogen-bond acceptors (Lipinski definition) is 8. The number of allylic oxidation sites excluding steroid dienone is 1. The summed E-state index contributed by atoms with van der Waals surface area (Å²) in [5.41, 5.74) is 0.605. The standard InChI is InChI=1S/C25H17NO8/c27-22-17-10-20(25(30)34-11-13-5-7-15(8-6-13)26(31)32)33-12-19(17)24(29)21-18(22)9-14-3-1-2-4-16(14)23(21)28/h1-9,12,17,20,28H,10-11H2. The largest absolute Gasteiger partial charge is 0.507 e. The van der Waals surface area contributed by atoms with E-state index in [1.54, 1.807) is 30.3 Å². The van der Waals surface area contributed by atoms with Crippen LogP contribution in [0.3, 0.4) is 0 Å². The van der Waals surface area contributed by atoms with Gasteiger partial charge in [-0.25, -0.2) is 4.79 Å². The number of carbonyl (C=O) groups excluding carboxylic acids is 3. The predicted molar refractivity (Wildman–Crippen MR) is 118 cm³/mol. The van der Waals surface area contributed by atoms with Crippen LogP contribution in [0.4, 0.5) is 5.69 Å². The molecule has 3 aromatic carbocycles. The van der Waals surface area contributed by atoms with Crippen LogP contribution in [0.15, 0.2) is 66.4 Å². The normalized spacial score (nSPS) is 19.0. The molecule has 2 atom stereocenters. The lowest BCUT2D eigenvalue weighted by atomic mass is 9.74. The molecule has 0 saturated carbocycles. The van der Waals surface area contributed by atoms with Gasteiger partial charge in [-0.15, -0.1) is 0 Å². The van der Waals surface area contributed by atoms with Crippen LogP contribution in [-0.2, 0) is 20.9 Å². The number of esters is 1. The molecule has 5 rings (SSSR count). The number of ketones is 2. The lowest BCUT2D eigenvalue weighted by Crippen LogP contribution is -2.39. The summed E-state index contributed by atoms with van der Waals surface area (Å²) in [6.07, 6.45) is -0.0779. The molecule has 9 heteroatoms. The second-order valence-electron chi connectivity index (χ2n) is 8.08. The van der Waals surface area contributed by atoms with Crippen LogP contribution in [-0.4, -0.2) is 33.7 Å². The Bertz CT molecular complexity index is 1410. The number of rotatable bonds is 4. The lowest BCUT2D eigenvalue weighted by molar-refractivity contribution is -0.384. The molecule has 0 amide bonds. The van der Waals surface area contributed by atoms with Gasteiger partial charge in [0.1, 0.15) is 12.4 Å². The summed E-state index contributed by atoms with van der Waals surface area (Å²) in [6, 6.07) is 14.0. The van der Waals surface area contributed by atoms with E-state index in [0.717, 1.165) is 6.26 Å². The van der Waals surface area contributed by atoms with Gasteiger partial charge in [0.05, 0.1) is 22.7 Å². The summed E-state index contributed by atoms with van der Waals surface area (Å²) >= 11 is 0. The van der Waals surface area contributed by atoms with Crippen LogP contribution in [0.1, 0.15) is 32.7 Å². The second kappa shape index (κ2) is 8.11. The van der Waals surface area contributed by atoms with Crippen molar-refractivity contribution < 1.29 is 33.9 Å². The number of phenolic OH excluding ortho intramolecular Hbond substituents is 1. The highest BCUT2D eigenvalue weighted by atomic mass is 16.6. The fraction of sp³-hybridized carbons (Fsp3) is 0.160. The van der Waals surface area contributed by atoms with E-state index in [-0.39, 0.29) is 46.9 Å². The fourth-order valence-corrected chi connectivity index (χ4v) is 4.29. The minimum atomic E-state index is -1.10. The summed E-state index contributed by atoms with van der Waals surface area (Å²) in [7, 11) is 0. The van der Waals surface area contributed by atoms with Gasteiger partial charge in [0.2, 0.25) is 0 Å². The summed E-state index contributed by atoms with van der Waals surface area (Å²) in [5.74, 6) is -2.76. The summed E-state index contributed by atoms with van der Waals surface area (Å²) in [5, 5.41) is 22.5. The average molecular weight is 459 g/mol. The van der Waals surface area contributed by atoms with Gasteiger partial charge < -0.3 is 14.6 Å². The quantitative estimate of drug-likeness (QED) is 0.353. The zero-order valence-electron chi connectivity index (χ0n) is 17.6. The van der Waals surface area contributed by atoms with Crippen LogP contribution in [0, 0.1) is 16.0 Å². The van der Waals surface area contributed by atoms with Crippen LogP contribution in [0.2, 0.25) is 0 Å². The number of nitro groups is 1. The summed E-state index contributed by atoms with van der Waals surface area (Å²) < 4.78 is 10.7. The highest BCUT2D eigenvalue weighted by Crippen LogP contribution is 2.42. The minimum absolute atomic E-state index is 0.0611. The molecular formula is C25H17NO8. The first-order chi connectivity index (χ1) is 16.3. The molecule has 2 unspecified atom stereocenters. The summed E-state index contributed by atoms with van der Waals surface area (Å²) in [6.45, 7) is -0.131. The van der Waals surface area contributed by atoms with Crippen LogP contribution in [0.25, 0.3) is 10.8 Å². The number of non-ortho nitro benzene ring substituents is 1. The summed E-state index contributed by atoms with van der Waals surface area (Å²) in [4.78, 5) is 49.1. The molecule has 170 valence electrons. The highest BCUT2D eigenvalue weighted by Gasteiger charge is 2.44. The van der Waals surface area contributed by atoms with Crippen molar-refractivity contribution in [2.75, 3.05) is 0 Å². The van der Waals surface area contributed by atoms with E-state index in [2.05, 4.69) is 0 Å². The number of nitro benzene ring substituents is 1. The zero-order chi connectivity index (χ0) is 24.0. The van der Waals surface area contributed by atoms with Crippen LogP contribution in [0.5, 0.6) is 5.75 Å². The first-order valence-corrected chi connectivity index (χ1v) is 10.4. The molecule has 1 N–H and O–H groups in total. The van der Waals surface area contributed by atoms with E-state index in [1.165, 1.54) is 24.3 Å². The topological polar surface area (TPSA) is 133 Å². The molecule has 0 fully saturated rings. The SMILES string of the molecule is O=C1C2=COC(C(=O)OCc3ccc([N+](=O)[O-])cc3)CC2C(=O)c2cc3ccccc3c(O)c21. The third kappa shape index (κ3) is 3.47. The zero-order valence-corrected chi connectivity index (χ0v) is 17.6. The number of phenols is 1. The molecule has 2 aliphatic rings. The van der Waals surface area contributed by atoms with Crippen molar-refractivity contribution in [3.63, 3.8) is 0 Å².